The van der Waals surface area contributed by atoms with E-state index in [0.717, 1.165) is 38.9 Å². The molecule has 0 radical (unpaired) electrons. The number of ketones is 1. The third-order valence-corrected chi connectivity index (χ3v) is 6.36. The van der Waals surface area contributed by atoms with E-state index in [2.05, 4.69) is 31.2 Å². The fourth-order valence-corrected chi connectivity index (χ4v) is 4.38. The summed E-state index contributed by atoms with van der Waals surface area (Å²) < 4.78 is 7.38. The minimum absolute atomic E-state index is 0.00178. The van der Waals surface area contributed by atoms with E-state index in [9.17, 15) is 4.79 Å². The number of hydrogen-bond donors (Lipinski definition) is 0. The standard InChI is InChI=1S/C28H23ClN2O2/c1-18(20-7-8-22-16-24(33-2)14-11-21(22)15-20)28-30-25-5-3-4-6-26(25)31(28)17-27(32)19-9-12-23(29)13-10-19/h3-16,18H,17H2,1-2H3. The van der Waals surface area contributed by atoms with Crippen molar-refractivity contribution in [1.29, 1.82) is 0 Å². The number of para-hydroxylation sites is 2. The average Bonchev–Trinajstić information content (AvgIpc) is 3.21. The minimum atomic E-state index is 0.00178. The van der Waals surface area contributed by atoms with Gasteiger partial charge in [-0.1, -0.05) is 54.9 Å². The zero-order valence-corrected chi connectivity index (χ0v) is 19.2. The normalized spacial score (nSPS) is 12.2. The molecule has 0 saturated carbocycles. The molecule has 33 heavy (non-hydrogen) atoms. The molecule has 0 amide bonds. The van der Waals surface area contributed by atoms with Gasteiger partial charge in [-0.15, -0.1) is 0 Å². The lowest BCUT2D eigenvalue weighted by Crippen LogP contribution is -2.15. The first-order valence-electron chi connectivity index (χ1n) is 10.8. The molecule has 164 valence electrons. The summed E-state index contributed by atoms with van der Waals surface area (Å²) in [5, 5.41) is 2.87. The first kappa shape index (κ1) is 21.2. The lowest BCUT2D eigenvalue weighted by Gasteiger charge is -2.16. The summed E-state index contributed by atoms with van der Waals surface area (Å²) in [6.07, 6.45) is 0. The molecule has 5 rings (SSSR count). The van der Waals surface area contributed by atoms with E-state index in [4.69, 9.17) is 21.3 Å². The molecule has 1 atom stereocenters. The van der Waals surface area contributed by atoms with E-state index in [1.165, 1.54) is 0 Å². The van der Waals surface area contributed by atoms with Crippen molar-refractivity contribution in [3.63, 3.8) is 0 Å². The summed E-state index contributed by atoms with van der Waals surface area (Å²) in [4.78, 5) is 18.0. The number of carbonyl (C=O) groups is 1. The maximum absolute atomic E-state index is 13.1. The van der Waals surface area contributed by atoms with Crippen molar-refractivity contribution < 1.29 is 9.53 Å². The highest BCUT2D eigenvalue weighted by molar-refractivity contribution is 6.30. The lowest BCUT2D eigenvalue weighted by atomic mass is 9.97. The van der Waals surface area contributed by atoms with Crippen LogP contribution in [-0.4, -0.2) is 22.4 Å². The van der Waals surface area contributed by atoms with Gasteiger partial charge < -0.3 is 9.30 Å². The molecule has 0 N–H and O–H groups in total. The molecule has 0 aliphatic rings. The van der Waals surface area contributed by atoms with Gasteiger partial charge in [0.2, 0.25) is 0 Å². The highest BCUT2D eigenvalue weighted by atomic mass is 35.5. The predicted molar refractivity (Wildman–Crippen MR) is 134 cm³/mol. The number of carbonyl (C=O) groups excluding carboxylic acids is 1. The van der Waals surface area contributed by atoms with Crippen molar-refractivity contribution in [3.8, 4) is 5.75 Å². The van der Waals surface area contributed by atoms with Crippen LogP contribution in [0.2, 0.25) is 5.02 Å². The molecular formula is C28H23ClN2O2. The summed E-state index contributed by atoms with van der Waals surface area (Å²) >= 11 is 6.00. The molecular weight excluding hydrogens is 432 g/mol. The number of benzene rings is 4. The Morgan fingerprint density at radius 3 is 2.48 bits per heavy atom. The van der Waals surface area contributed by atoms with Crippen molar-refractivity contribution in [2.45, 2.75) is 19.4 Å². The Labute approximate surface area is 197 Å². The molecule has 0 saturated heterocycles. The molecule has 1 unspecified atom stereocenters. The van der Waals surface area contributed by atoms with Crippen molar-refractivity contribution in [2.75, 3.05) is 7.11 Å². The fraction of sp³-hybridized carbons (Fsp3) is 0.143. The second kappa shape index (κ2) is 8.72. The Bertz CT molecular complexity index is 1470. The Morgan fingerprint density at radius 1 is 0.970 bits per heavy atom. The number of halogens is 1. The van der Waals surface area contributed by atoms with Gasteiger partial charge in [-0.05, 0) is 64.9 Å². The van der Waals surface area contributed by atoms with Crippen LogP contribution in [0.25, 0.3) is 21.8 Å². The second-order valence-electron chi connectivity index (χ2n) is 8.17. The summed E-state index contributed by atoms with van der Waals surface area (Å²) in [5.41, 5.74) is 3.61. The van der Waals surface area contributed by atoms with Crippen LogP contribution >= 0.6 is 11.6 Å². The highest BCUT2D eigenvalue weighted by Gasteiger charge is 2.20. The number of hydrogen-bond acceptors (Lipinski definition) is 3. The summed E-state index contributed by atoms with van der Waals surface area (Å²) in [5.74, 6) is 1.73. The average molecular weight is 455 g/mol. The van der Waals surface area contributed by atoms with Gasteiger partial charge in [-0.2, -0.15) is 0 Å². The monoisotopic (exact) mass is 454 g/mol. The first-order valence-corrected chi connectivity index (χ1v) is 11.2. The van der Waals surface area contributed by atoms with Gasteiger partial charge in [0.15, 0.2) is 5.78 Å². The van der Waals surface area contributed by atoms with Crippen LogP contribution in [-0.2, 0) is 6.54 Å². The van der Waals surface area contributed by atoms with Crippen molar-refractivity contribution in [1.82, 2.24) is 9.55 Å². The molecule has 0 fully saturated rings. The summed E-state index contributed by atoms with van der Waals surface area (Å²) in [6.45, 7) is 2.35. The van der Waals surface area contributed by atoms with Gasteiger partial charge in [0.1, 0.15) is 11.6 Å². The number of aromatic nitrogens is 2. The number of fused-ring (bicyclic) bond motifs is 2. The molecule has 1 heterocycles. The number of methoxy groups -OCH3 is 1. The van der Waals surface area contributed by atoms with Crippen LogP contribution < -0.4 is 4.74 Å². The van der Waals surface area contributed by atoms with Crippen LogP contribution in [0.5, 0.6) is 5.75 Å². The van der Waals surface area contributed by atoms with E-state index in [-0.39, 0.29) is 18.2 Å². The zero-order chi connectivity index (χ0) is 22.9. The number of ether oxygens (including phenoxy) is 1. The van der Waals surface area contributed by atoms with Crippen LogP contribution in [0.4, 0.5) is 0 Å². The van der Waals surface area contributed by atoms with E-state index in [0.29, 0.717) is 10.6 Å². The Balaban J connectivity index is 1.55. The van der Waals surface area contributed by atoms with Gasteiger partial charge in [0.25, 0.3) is 0 Å². The van der Waals surface area contributed by atoms with E-state index < -0.39 is 0 Å². The Morgan fingerprint density at radius 2 is 1.70 bits per heavy atom. The maximum atomic E-state index is 13.1. The van der Waals surface area contributed by atoms with Gasteiger partial charge in [-0.3, -0.25) is 4.79 Å². The van der Waals surface area contributed by atoms with Gasteiger partial charge in [0.05, 0.1) is 24.7 Å². The minimum Gasteiger partial charge on any atom is -0.497 e. The topological polar surface area (TPSA) is 44.1 Å². The van der Waals surface area contributed by atoms with E-state index in [1.807, 2.05) is 41.0 Å². The van der Waals surface area contributed by atoms with Crippen LogP contribution in [0.15, 0.2) is 84.9 Å². The number of Topliss-reactive ketones (excluding diaryl/α,β-unsaturated/α-hetero) is 1. The van der Waals surface area contributed by atoms with Gasteiger partial charge in [0, 0.05) is 16.5 Å². The fourth-order valence-electron chi connectivity index (χ4n) is 4.25. The van der Waals surface area contributed by atoms with Crippen molar-refractivity contribution >= 4 is 39.2 Å². The quantitative estimate of drug-likeness (QED) is 0.262. The van der Waals surface area contributed by atoms with Crippen LogP contribution in [0, 0.1) is 0 Å². The van der Waals surface area contributed by atoms with E-state index >= 15 is 0 Å². The molecule has 0 spiro atoms. The van der Waals surface area contributed by atoms with Gasteiger partial charge >= 0.3 is 0 Å². The molecule has 4 nitrogen and oxygen atoms in total. The van der Waals surface area contributed by atoms with Crippen molar-refractivity contribution in [3.05, 3.63) is 107 Å². The molecule has 0 aliphatic heterocycles. The maximum Gasteiger partial charge on any atom is 0.182 e. The van der Waals surface area contributed by atoms with Crippen LogP contribution in [0.3, 0.4) is 0 Å². The SMILES string of the molecule is COc1ccc2cc(C(C)c3nc4ccccc4n3CC(=O)c3ccc(Cl)cc3)ccc2c1. The lowest BCUT2D eigenvalue weighted by molar-refractivity contribution is 0.0972. The zero-order valence-electron chi connectivity index (χ0n) is 18.5. The molecule has 5 aromatic rings. The van der Waals surface area contributed by atoms with E-state index in [1.54, 1.807) is 31.4 Å². The molecule has 1 aromatic heterocycles. The molecule has 0 aliphatic carbocycles. The first-order chi connectivity index (χ1) is 16.0. The molecule has 5 heteroatoms. The molecule has 4 aromatic carbocycles. The number of rotatable bonds is 6. The summed E-state index contributed by atoms with van der Waals surface area (Å²) in [6, 6.07) is 27.5. The Kier molecular flexibility index (Phi) is 5.61. The third-order valence-electron chi connectivity index (χ3n) is 6.11. The summed E-state index contributed by atoms with van der Waals surface area (Å²) in [7, 11) is 1.67. The number of nitrogens with zero attached hydrogens (tertiary/aromatic N) is 2. The second-order valence-corrected chi connectivity index (χ2v) is 8.61. The largest absolute Gasteiger partial charge is 0.497 e. The number of imidazole rings is 1. The molecule has 0 bridgehead atoms. The van der Waals surface area contributed by atoms with Crippen LogP contribution in [0.1, 0.15) is 34.6 Å². The Hall–Kier alpha value is -3.63. The third kappa shape index (κ3) is 4.10. The highest BCUT2D eigenvalue weighted by Crippen LogP contribution is 2.31. The smallest absolute Gasteiger partial charge is 0.182 e. The van der Waals surface area contributed by atoms with Gasteiger partial charge in [-0.25, -0.2) is 4.98 Å². The van der Waals surface area contributed by atoms with Crippen molar-refractivity contribution in [2.24, 2.45) is 0 Å². The predicted octanol–water partition coefficient (Wildman–Crippen LogP) is 6.89.